The summed E-state index contributed by atoms with van der Waals surface area (Å²) >= 11 is 0. The van der Waals surface area contributed by atoms with E-state index in [1.54, 1.807) is 0 Å². The number of nitrogens with zero attached hydrogens (tertiary/aromatic N) is 1. The van der Waals surface area contributed by atoms with Gasteiger partial charge in [-0.25, -0.2) is 0 Å². The molecule has 1 fully saturated rings. The van der Waals surface area contributed by atoms with Crippen molar-refractivity contribution in [2.45, 2.75) is 32.7 Å². The molecule has 1 heterocycles. The maximum atomic E-state index is 12.1. The number of aryl methyl sites for hydroxylation is 2. The Kier molecular flexibility index (Phi) is 4.43. The molecule has 1 aromatic rings. The topological polar surface area (TPSA) is 55.6 Å². The average Bonchev–Trinajstić information content (AvgIpc) is 2.38. The number of ether oxygens (including phenoxy) is 1. The summed E-state index contributed by atoms with van der Waals surface area (Å²) in [4.78, 5) is 13.9. The molecule has 1 unspecified atom stereocenters. The van der Waals surface area contributed by atoms with Crippen molar-refractivity contribution in [1.82, 2.24) is 4.90 Å². The van der Waals surface area contributed by atoms with E-state index < -0.39 is 0 Å². The molecule has 2 N–H and O–H groups in total. The van der Waals surface area contributed by atoms with Crippen LogP contribution in [0.5, 0.6) is 5.75 Å². The first-order valence-corrected chi connectivity index (χ1v) is 6.80. The van der Waals surface area contributed by atoms with E-state index in [0.29, 0.717) is 6.54 Å². The quantitative estimate of drug-likeness (QED) is 0.901. The highest BCUT2D eigenvalue weighted by molar-refractivity contribution is 5.78. The minimum Gasteiger partial charge on any atom is -0.483 e. The lowest BCUT2D eigenvalue weighted by molar-refractivity contribution is -0.134. The number of para-hydroxylation sites is 1. The zero-order valence-electron chi connectivity index (χ0n) is 11.7. The van der Waals surface area contributed by atoms with Gasteiger partial charge >= 0.3 is 0 Å². The van der Waals surface area contributed by atoms with Gasteiger partial charge in [0.25, 0.3) is 5.91 Å². The maximum absolute atomic E-state index is 12.1. The van der Waals surface area contributed by atoms with Crippen molar-refractivity contribution in [3.63, 3.8) is 0 Å². The Morgan fingerprint density at radius 2 is 2.11 bits per heavy atom. The number of likely N-dealkylation sites (tertiary alicyclic amines) is 1. The van der Waals surface area contributed by atoms with E-state index >= 15 is 0 Å². The lowest BCUT2D eigenvalue weighted by Crippen LogP contribution is -2.47. The summed E-state index contributed by atoms with van der Waals surface area (Å²) < 4.78 is 5.69. The van der Waals surface area contributed by atoms with Crippen LogP contribution in [0.1, 0.15) is 24.0 Å². The molecule has 4 heteroatoms. The van der Waals surface area contributed by atoms with Gasteiger partial charge in [0, 0.05) is 19.1 Å². The van der Waals surface area contributed by atoms with Crippen LogP contribution in [-0.4, -0.2) is 36.5 Å². The van der Waals surface area contributed by atoms with E-state index in [1.165, 1.54) is 0 Å². The molecule has 104 valence electrons. The lowest BCUT2D eigenvalue weighted by Gasteiger charge is -2.30. The second-order valence-electron chi connectivity index (χ2n) is 5.25. The van der Waals surface area contributed by atoms with Gasteiger partial charge in [0.05, 0.1) is 0 Å². The van der Waals surface area contributed by atoms with E-state index in [4.69, 9.17) is 10.5 Å². The van der Waals surface area contributed by atoms with E-state index in [-0.39, 0.29) is 18.6 Å². The van der Waals surface area contributed by atoms with E-state index in [9.17, 15) is 4.79 Å². The smallest absolute Gasteiger partial charge is 0.260 e. The summed E-state index contributed by atoms with van der Waals surface area (Å²) in [7, 11) is 0. The number of hydrogen-bond donors (Lipinski definition) is 1. The number of rotatable bonds is 3. The number of hydrogen-bond acceptors (Lipinski definition) is 3. The standard InChI is InChI=1S/C15H22N2O2/c1-11-5-3-6-12(2)15(11)19-10-14(18)17-8-4-7-13(16)9-17/h3,5-6,13H,4,7-10,16H2,1-2H3. The Morgan fingerprint density at radius 3 is 2.74 bits per heavy atom. The van der Waals surface area contributed by atoms with Crippen molar-refractivity contribution in [3.8, 4) is 5.75 Å². The zero-order chi connectivity index (χ0) is 13.8. The fourth-order valence-corrected chi connectivity index (χ4v) is 2.49. The summed E-state index contributed by atoms with van der Waals surface area (Å²) in [6.45, 7) is 5.52. The first kappa shape index (κ1) is 13.9. The van der Waals surface area contributed by atoms with Crippen molar-refractivity contribution in [2.75, 3.05) is 19.7 Å². The molecule has 0 bridgehead atoms. The Hall–Kier alpha value is -1.55. The van der Waals surface area contributed by atoms with E-state index in [2.05, 4.69) is 0 Å². The zero-order valence-corrected chi connectivity index (χ0v) is 11.7. The van der Waals surface area contributed by atoms with Crippen LogP contribution in [0.3, 0.4) is 0 Å². The van der Waals surface area contributed by atoms with Crippen LogP contribution in [0.4, 0.5) is 0 Å². The molecule has 1 atom stereocenters. The molecule has 1 saturated heterocycles. The Labute approximate surface area is 114 Å². The maximum Gasteiger partial charge on any atom is 0.260 e. The van der Waals surface area contributed by atoms with E-state index in [0.717, 1.165) is 36.3 Å². The number of amides is 1. The first-order valence-electron chi connectivity index (χ1n) is 6.80. The van der Waals surface area contributed by atoms with Gasteiger partial charge < -0.3 is 15.4 Å². The number of carbonyl (C=O) groups is 1. The predicted octanol–water partition coefficient (Wildman–Crippen LogP) is 1.63. The van der Waals surface area contributed by atoms with Gasteiger partial charge in [0.15, 0.2) is 6.61 Å². The van der Waals surface area contributed by atoms with Gasteiger partial charge in [-0.15, -0.1) is 0 Å². The molecule has 19 heavy (non-hydrogen) atoms. The third-order valence-corrected chi connectivity index (χ3v) is 3.56. The molecule has 1 aliphatic rings. The number of benzene rings is 1. The normalized spacial score (nSPS) is 19.3. The molecule has 0 aromatic heterocycles. The highest BCUT2D eigenvalue weighted by atomic mass is 16.5. The molecule has 1 amide bonds. The first-order chi connectivity index (χ1) is 9.08. The Bertz CT molecular complexity index is 439. The van der Waals surface area contributed by atoms with Gasteiger partial charge in [-0.1, -0.05) is 18.2 Å². The summed E-state index contributed by atoms with van der Waals surface area (Å²) in [5, 5.41) is 0. The molecular weight excluding hydrogens is 240 g/mol. The second-order valence-corrected chi connectivity index (χ2v) is 5.25. The molecule has 0 aliphatic carbocycles. The average molecular weight is 262 g/mol. The molecule has 0 radical (unpaired) electrons. The van der Waals surface area contributed by atoms with Crippen LogP contribution in [0, 0.1) is 13.8 Å². The summed E-state index contributed by atoms with van der Waals surface area (Å²) in [5.41, 5.74) is 8.00. The van der Waals surface area contributed by atoms with Crippen LogP contribution in [-0.2, 0) is 4.79 Å². The highest BCUT2D eigenvalue weighted by Crippen LogP contribution is 2.22. The summed E-state index contributed by atoms with van der Waals surface area (Å²) in [5.74, 6) is 0.843. The van der Waals surface area contributed by atoms with Gasteiger partial charge in [0.2, 0.25) is 0 Å². The fourth-order valence-electron chi connectivity index (χ4n) is 2.49. The van der Waals surface area contributed by atoms with Crippen molar-refractivity contribution < 1.29 is 9.53 Å². The van der Waals surface area contributed by atoms with Crippen molar-refractivity contribution in [2.24, 2.45) is 5.73 Å². The molecule has 4 nitrogen and oxygen atoms in total. The Balaban J connectivity index is 1.93. The molecular formula is C15H22N2O2. The third-order valence-electron chi connectivity index (χ3n) is 3.56. The monoisotopic (exact) mass is 262 g/mol. The Morgan fingerprint density at radius 1 is 1.42 bits per heavy atom. The van der Waals surface area contributed by atoms with Gasteiger partial charge in [0.1, 0.15) is 5.75 Å². The highest BCUT2D eigenvalue weighted by Gasteiger charge is 2.21. The number of carbonyl (C=O) groups excluding carboxylic acids is 1. The van der Waals surface area contributed by atoms with Crippen molar-refractivity contribution in [1.29, 1.82) is 0 Å². The van der Waals surface area contributed by atoms with E-state index in [1.807, 2.05) is 36.9 Å². The fraction of sp³-hybridized carbons (Fsp3) is 0.533. The van der Waals surface area contributed by atoms with Crippen LogP contribution in [0.25, 0.3) is 0 Å². The predicted molar refractivity (Wildman–Crippen MR) is 75.2 cm³/mol. The molecule has 1 aromatic carbocycles. The summed E-state index contributed by atoms with van der Waals surface area (Å²) in [6.07, 6.45) is 1.98. The number of nitrogens with two attached hydrogens (primary N) is 1. The SMILES string of the molecule is Cc1cccc(C)c1OCC(=O)N1CCCC(N)C1. The second kappa shape index (κ2) is 6.06. The molecule has 2 rings (SSSR count). The minimum atomic E-state index is 0.0257. The molecule has 1 aliphatic heterocycles. The van der Waals surface area contributed by atoms with Crippen LogP contribution >= 0.6 is 0 Å². The van der Waals surface area contributed by atoms with Crippen LogP contribution in [0.15, 0.2) is 18.2 Å². The lowest BCUT2D eigenvalue weighted by atomic mass is 10.1. The molecule has 0 spiro atoms. The third kappa shape index (κ3) is 3.47. The van der Waals surface area contributed by atoms with Gasteiger partial charge in [-0.3, -0.25) is 4.79 Å². The summed E-state index contributed by atoms with van der Waals surface area (Å²) in [6, 6.07) is 6.08. The number of piperidine rings is 1. The van der Waals surface area contributed by atoms with Crippen LogP contribution < -0.4 is 10.5 Å². The van der Waals surface area contributed by atoms with Gasteiger partial charge in [-0.2, -0.15) is 0 Å². The molecule has 0 saturated carbocycles. The van der Waals surface area contributed by atoms with Crippen molar-refractivity contribution >= 4 is 5.91 Å². The largest absolute Gasteiger partial charge is 0.483 e. The minimum absolute atomic E-state index is 0.0257. The van der Waals surface area contributed by atoms with Crippen molar-refractivity contribution in [3.05, 3.63) is 29.3 Å². The van der Waals surface area contributed by atoms with Gasteiger partial charge in [-0.05, 0) is 37.8 Å². The van der Waals surface area contributed by atoms with Crippen LogP contribution in [0.2, 0.25) is 0 Å².